The van der Waals surface area contributed by atoms with Gasteiger partial charge in [0, 0.05) is 5.69 Å². The summed E-state index contributed by atoms with van der Waals surface area (Å²) in [4.78, 5) is 13.4. The van der Waals surface area contributed by atoms with Gasteiger partial charge in [0.15, 0.2) is 6.54 Å². The van der Waals surface area contributed by atoms with Crippen molar-refractivity contribution in [3.63, 3.8) is 0 Å². The molecule has 2 N–H and O–H groups in total. The van der Waals surface area contributed by atoms with Crippen molar-refractivity contribution in [3.05, 3.63) is 65.7 Å². The summed E-state index contributed by atoms with van der Waals surface area (Å²) in [7, 11) is -3.32. The molecule has 0 unspecified atom stereocenters. The van der Waals surface area contributed by atoms with E-state index in [1.165, 1.54) is 0 Å². The van der Waals surface area contributed by atoms with Crippen molar-refractivity contribution in [2.45, 2.75) is 12.7 Å². The van der Waals surface area contributed by atoms with Crippen molar-refractivity contribution in [3.8, 4) is 0 Å². The molecule has 1 fully saturated rings. The number of carbonyl (C=O) groups excluding carboxylic acids is 1. The maximum atomic E-state index is 12.6. The van der Waals surface area contributed by atoms with Gasteiger partial charge >= 0.3 is 0 Å². The molecule has 0 aromatic heterocycles. The van der Waals surface area contributed by atoms with E-state index >= 15 is 0 Å². The van der Waals surface area contributed by atoms with E-state index in [1.54, 1.807) is 4.31 Å². The number of hydrogen-bond acceptors (Lipinski definition) is 3. The molecule has 0 spiro atoms. The van der Waals surface area contributed by atoms with Crippen LogP contribution in [-0.2, 0) is 20.6 Å². The number of amides is 1. The van der Waals surface area contributed by atoms with Gasteiger partial charge in [-0.2, -0.15) is 4.31 Å². The number of sulfonamides is 1. The monoisotopic (exact) mass is 388 g/mol. The standard InChI is InChI=1S/C20H25N3O3S/c1-17-6-5-9-19(14-17)21-20(24)15-22-10-12-23(13-11-22)27(25,26)16-18-7-3-2-4-8-18/h2-9,14H,10-13,15-16H2,1H3,(H,21,24)/p+1. The van der Waals surface area contributed by atoms with Gasteiger partial charge in [-0.25, -0.2) is 8.42 Å². The molecule has 3 rings (SSSR count). The highest BCUT2D eigenvalue weighted by molar-refractivity contribution is 7.88. The average Bonchev–Trinajstić information content (AvgIpc) is 2.62. The summed E-state index contributed by atoms with van der Waals surface area (Å²) in [6.45, 7) is 4.49. The minimum atomic E-state index is -3.32. The van der Waals surface area contributed by atoms with Gasteiger partial charge in [-0.15, -0.1) is 0 Å². The van der Waals surface area contributed by atoms with Crippen LogP contribution in [0.2, 0.25) is 0 Å². The molecule has 0 radical (unpaired) electrons. The topological polar surface area (TPSA) is 70.9 Å². The number of aryl methyl sites for hydroxylation is 1. The van der Waals surface area contributed by atoms with Gasteiger partial charge in [0.25, 0.3) is 5.91 Å². The van der Waals surface area contributed by atoms with Crippen LogP contribution >= 0.6 is 0 Å². The zero-order valence-electron chi connectivity index (χ0n) is 15.5. The van der Waals surface area contributed by atoms with Crippen molar-refractivity contribution < 1.29 is 18.1 Å². The summed E-state index contributed by atoms with van der Waals surface area (Å²) >= 11 is 0. The van der Waals surface area contributed by atoms with E-state index in [0.717, 1.165) is 21.7 Å². The van der Waals surface area contributed by atoms with Crippen molar-refractivity contribution >= 4 is 21.6 Å². The van der Waals surface area contributed by atoms with E-state index in [0.29, 0.717) is 32.7 Å². The first-order valence-electron chi connectivity index (χ1n) is 9.14. The highest BCUT2D eigenvalue weighted by Crippen LogP contribution is 2.11. The van der Waals surface area contributed by atoms with Crippen LogP contribution in [0.1, 0.15) is 11.1 Å². The second-order valence-electron chi connectivity index (χ2n) is 6.99. The normalized spacial score (nSPS) is 16.2. The molecular weight excluding hydrogens is 362 g/mol. The lowest BCUT2D eigenvalue weighted by Gasteiger charge is -2.31. The molecule has 144 valence electrons. The second-order valence-corrected chi connectivity index (χ2v) is 8.95. The Morgan fingerprint density at radius 3 is 2.44 bits per heavy atom. The van der Waals surface area contributed by atoms with Gasteiger partial charge in [0.2, 0.25) is 10.0 Å². The van der Waals surface area contributed by atoms with Crippen LogP contribution in [0, 0.1) is 6.92 Å². The van der Waals surface area contributed by atoms with E-state index in [2.05, 4.69) is 5.32 Å². The first kappa shape index (κ1) is 19.5. The zero-order valence-corrected chi connectivity index (χ0v) is 16.3. The smallest absolute Gasteiger partial charge is 0.279 e. The minimum absolute atomic E-state index is 0.0248. The maximum absolute atomic E-state index is 12.6. The Labute approximate surface area is 160 Å². The number of nitrogens with zero attached hydrogens (tertiary/aromatic N) is 1. The number of piperazine rings is 1. The number of carbonyl (C=O) groups is 1. The van der Waals surface area contributed by atoms with Crippen molar-refractivity contribution in [2.75, 3.05) is 38.0 Å². The minimum Gasteiger partial charge on any atom is -0.325 e. The predicted octanol–water partition coefficient (Wildman–Crippen LogP) is 0.664. The molecule has 2 aromatic rings. The second kappa shape index (κ2) is 8.65. The number of rotatable bonds is 6. The van der Waals surface area contributed by atoms with E-state index in [4.69, 9.17) is 0 Å². The SMILES string of the molecule is Cc1cccc(NC(=O)C[NH+]2CCN(S(=O)(=O)Cc3ccccc3)CC2)c1. The lowest BCUT2D eigenvalue weighted by molar-refractivity contribution is -0.895. The Kier molecular flexibility index (Phi) is 6.26. The highest BCUT2D eigenvalue weighted by atomic mass is 32.2. The Morgan fingerprint density at radius 2 is 1.78 bits per heavy atom. The summed E-state index contributed by atoms with van der Waals surface area (Å²) in [5, 5.41) is 2.91. The predicted molar refractivity (Wildman–Crippen MR) is 106 cm³/mol. The van der Waals surface area contributed by atoms with Gasteiger partial charge in [-0.3, -0.25) is 4.79 Å². The largest absolute Gasteiger partial charge is 0.325 e. The molecule has 27 heavy (non-hydrogen) atoms. The molecule has 0 aliphatic carbocycles. The summed E-state index contributed by atoms with van der Waals surface area (Å²) in [6, 6.07) is 16.9. The molecule has 2 aromatic carbocycles. The molecule has 6 nitrogen and oxygen atoms in total. The molecule has 1 amide bonds. The molecule has 1 aliphatic heterocycles. The number of nitrogens with one attached hydrogen (secondary N) is 2. The van der Waals surface area contributed by atoms with Crippen LogP contribution in [0.3, 0.4) is 0 Å². The Bertz CT molecular complexity index is 876. The third-order valence-electron chi connectivity index (χ3n) is 4.73. The molecule has 0 bridgehead atoms. The fourth-order valence-corrected chi connectivity index (χ4v) is 4.82. The van der Waals surface area contributed by atoms with Crippen LogP contribution in [0.15, 0.2) is 54.6 Å². The van der Waals surface area contributed by atoms with Crippen LogP contribution in [-0.4, -0.2) is 51.4 Å². The molecule has 0 saturated carbocycles. The molecule has 1 heterocycles. The van der Waals surface area contributed by atoms with Crippen LogP contribution < -0.4 is 10.2 Å². The fourth-order valence-electron chi connectivity index (χ4n) is 3.29. The highest BCUT2D eigenvalue weighted by Gasteiger charge is 2.29. The lowest BCUT2D eigenvalue weighted by Crippen LogP contribution is -3.15. The fraction of sp³-hybridized carbons (Fsp3) is 0.350. The van der Waals surface area contributed by atoms with Crippen LogP contribution in [0.25, 0.3) is 0 Å². The van der Waals surface area contributed by atoms with E-state index < -0.39 is 10.0 Å². The van der Waals surface area contributed by atoms with Crippen LogP contribution in [0.4, 0.5) is 5.69 Å². The molecular formula is C20H26N3O3S+. The first-order chi connectivity index (χ1) is 12.9. The number of benzene rings is 2. The van der Waals surface area contributed by atoms with Gasteiger partial charge in [0.1, 0.15) is 0 Å². The van der Waals surface area contributed by atoms with Crippen molar-refractivity contribution in [1.82, 2.24) is 4.31 Å². The Morgan fingerprint density at radius 1 is 1.07 bits per heavy atom. The van der Waals surface area contributed by atoms with Crippen LogP contribution in [0.5, 0.6) is 0 Å². The van der Waals surface area contributed by atoms with Gasteiger partial charge in [0.05, 0.1) is 31.9 Å². The van der Waals surface area contributed by atoms with Gasteiger partial charge in [-0.05, 0) is 30.2 Å². The summed E-state index contributed by atoms with van der Waals surface area (Å²) in [6.07, 6.45) is 0. The quantitative estimate of drug-likeness (QED) is 0.764. The molecule has 1 aliphatic rings. The van der Waals surface area contributed by atoms with Crippen molar-refractivity contribution in [1.29, 1.82) is 0 Å². The summed E-state index contributed by atoms with van der Waals surface area (Å²) in [5.41, 5.74) is 2.69. The van der Waals surface area contributed by atoms with E-state index in [-0.39, 0.29) is 11.7 Å². The Hall–Kier alpha value is -2.22. The zero-order chi connectivity index (χ0) is 19.3. The number of quaternary nitrogens is 1. The lowest BCUT2D eigenvalue weighted by atomic mass is 10.2. The summed E-state index contributed by atoms with van der Waals surface area (Å²) < 4.78 is 26.7. The van der Waals surface area contributed by atoms with E-state index in [9.17, 15) is 13.2 Å². The molecule has 0 atom stereocenters. The summed E-state index contributed by atoms with van der Waals surface area (Å²) in [5.74, 6) is -0.0204. The molecule has 1 saturated heterocycles. The maximum Gasteiger partial charge on any atom is 0.279 e. The third kappa shape index (κ3) is 5.63. The number of anilines is 1. The average molecular weight is 389 g/mol. The first-order valence-corrected chi connectivity index (χ1v) is 10.8. The van der Waals surface area contributed by atoms with Gasteiger partial charge in [-0.1, -0.05) is 42.5 Å². The Balaban J connectivity index is 1.49. The number of hydrogen-bond donors (Lipinski definition) is 2. The third-order valence-corrected chi connectivity index (χ3v) is 6.58. The van der Waals surface area contributed by atoms with E-state index in [1.807, 2.05) is 61.5 Å². The molecule has 7 heteroatoms. The van der Waals surface area contributed by atoms with Gasteiger partial charge < -0.3 is 10.2 Å². The van der Waals surface area contributed by atoms with Crippen molar-refractivity contribution in [2.24, 2.45) is 0 Å².